The van der Waals surface area contributed by atoms with Crippen LogP contribution in [0.2, 0.25) is 0 Å². The maximum atomic E-state index is 12.1. The first-order chi connectivity index (χ1) is 10.1. The third kappa shape index (κ3) is 2.83. The fourth-order valence-electron chi connectivity index (χ4n) is 3.10. The zero-order chi connectivity index (χ0) is 14.9. The molecule has 1 aliphatic carbocycles. The van der Waals surface area contributed by atoms with E-state index in [-0.39, 0.29) is 4.75 Å². The fourth-order valence-corrected chi connectivity index (χ4v) is 5.24. The molecule has 114 valence electrons. The van der Waals surface area contributed by atoms with Crippen molar-refractivity contribution >= 4 is 27.6 Å². The molecule has 6 heteroatoms. The van der Waals surface area contributed by atoms with Crippen molar-refractivity contribution in [3.63, 3.8) is 0 Å². The molecule has 4 nitrogen and oxygen atoms in total. The molecule has 2 aliphatic rings. The summed E-state index contributed by atoms with van der Waals surface area (Å²) in [6, 6.07) is 7.04. The number of amidine groups is 1. The highest BCUT2D eigenvalue weighted by atomic mass is 32.2. The van der Waals surface area contributed by atoms with E-state index in [2.05, 4.69) is 16.0 Å². The largest absolute Gasteiger partial charge is 0.266 e. The highest BCUT2D eigenvalue weighted by molar-refractivity contribution is 8.00. The minimum absolute atomic E-state index is 0.175. The van der Waals surface area contributed by atoms with Crippen molar-refractivity contribution in [1.29, 1.82) is 0 Å². The van der Waals surface area contributed by atoms with Gasteiger partial charge in [-0.05, 0) is 31.2 Å². The minimum atomic E-state index is -3.42. The Labute approximate surface area is 130 Å². The summed E-state index contributed by atoms with van der Waals surface area (Å²) in [4.78, 5) is 4.97. The van der Waals surface area contributed by atoms with Gasteiger partial charge in [0, 0.05) is 10.3 Å². The third-order valence-corrected chi connectivity index (χ3v) is 7.19. The lowest BCUT2D eigenvalue weighted by molar-refractivity contribution is 0.405. The van der Waals surface area contributed by atoms with Gasteiger partial charge in [0.15, 0.2) is 0 Å². The van der Waals surface area contributed by atoms with E-state index in [9.17, 15) is 8.42 Å². The van der Waals surface area contributed by atoms with E-state index >= 15 is 0 Å². The maximum Gasteiger partial charge on any atom is 0.263 e. The Morgan fingerprint density at radius 3 is 2.67 bits per heavy atom. The van der Waals surface area contributed by atoms with Crippen molar-refractivity contribution in [2.45, 2.75) is 41.7 Å². The quantitative estimate of drug-likeness (QED) is 0.930. The first-order valence-corrected chi connectivity index (χ1v) is 9.99. The molecular formula is C15H20N2O2S2. The molecule has 1 aliphatic heterocycles. The Morgan fingerprint density at radius 1 is 1.24 bits per heavy atom. The molecule has 0 aromatic heterocycles. The number of hydrogen-bond acceptors (Lipinski definition) is 4. The highest BCUT2D eigenvalue weighted by Crippen LogP contribution is 2.39. The molecule has 1 aromatic rings. The normalized spacial score (nSPS) is 24.5. The van der Waals surface area contributed by atoms with Crippen LogP contribution >= 0.6 is 11.8 Å². The Balaban J connectivity index is 1.88. The Kier molecular flexibility index (Phi) is 4.01. The number of nitrogens with zero attached hydrogens (tertiary/aromatic N) is 1. The van der Waals surface area contributed by atoms with Gasteiger partial charge >= 0.3 is 0 Å². The molecule has 1 fully saturated rings. The molecule has 21 heavy (non-hydrogen) atoms. The average molecular weight is 324 g/mol. The number of rotatable bonds is 3. The van der Waals surface area contributed by atoms with E-state index in [0.717, 1.165) is 0 Å². The maximum absolute atomic E-state index is 12.1. The van der Waals surface area contributed by atoms with E-state index in [1.165, 1.54) is 32.1 Å². The fraction of sp³-hybridized carbons (Fsp3) is 0.533. The molecule has 0 saturated heterocycles. The van der Waals surface area contributed by atoms with Crippen LogP contribution < -0.4 is 4.72 Å². The summed E-state index contributed by atoms with van der Waals surface area (Å²) in [5.74, 6) is 0.504. The lowest BCUT2D eigenvalue weighted by Crippen LogP contribution is -2.32. The summed E-state index contributed by atoms with van der Waals surface area (Å²) in [5.41, 5.74) is 0.699. The predicted molar refractivity (Wildman–Crippen MR) is 87.5 cm³/mol. The van der Waals surface area contributed by atoms with Crippen molar-refractivity contribution in [2.75, 3.05) is 12.8 Å². The summed E-state index contributed by atoms with van der Waals surface area (Å²) in [7, 11) is -3.42. The molecule has 0 atom stereocenters. The second kappa shape index (κ2) is 5.65. The van der Waals surface area contributed by atoms with E-state index in [1.54, 1.807) is 12.1 Å². The smallest absolute Gasteiger partial charge is 0.263 e. The van der Waals surface area contributed by atoms with E-state index in [0.29, 0.717) is 22.8 Å². The molecule has 0 bridgehead atoms. The van der Waals surface area contributed by atoms with Crippen molar-refractivity contribution < 1.29 is 8.42 Å². The van der Waals surface area contributed by atoms with Gasteiger partial charge in [-0.15, -0.1) is 0 Å². The van der Waals surface area contributed by atoms with Crippen LogP contribution in [-0.4, -0.2) is 31.8 Å². The van der Waals surface area contributed by atoms with Crippen molar-refractivity contribution in [1.82, 2.24) is 4.72 Å². The molecule has 1 aromatic carbocycles. The van der Waals surface area contributed by atoms with Crippen molar-refractivity contribution in [3.05, 3.63) is 29.8 Å². The van der Waals surface area contributed by atoms with Gasteiger partial charge in [0.2, 0.25) is 0 Å². The van der Waals surface area contributed by atoms with Crippen LogP contribution in [-0.2, 0) is 10.0 Å². The molecular weight excluding hydrogens is 304 g/mol. The number of aliphatic imine (C=N–C) groups is 1. The molecule has 0 radical (unpaired) electrons. The van der Waals surface area contributed by atoms with E-state index in [1.807, 2.05) is 23.9 Å². The number of hydrogen-bond donors (Lipinski definition) is 1. The highest BCUT2D eigenvalue weighted by Gasteiger charge is 2.33. The zero-order valence-electron chi connectivity index (χ0n) is 12.1. The lowest BCUT2D eigenvalue weighted by atomic mass is 9.88. The average Bonchev–Trinajstić information content (AvgIpc) is 2.78. The lowest BCUT2D eigenvalue weighted by Gasteiger charge is -2.34. The van der Waals surface area contributed by atoms with Crippen LogP contribution in [0.3, 0.4) is 0 Å². The molecule has 0 unspecified atom stereocenters. The van der Waals surface area contributed by atoms with Gasteiger partial charge in [-0.3, -0.25) is 9.71 Å². The monoisotopic (exact) mass is 324 g/mol. The van der Waals surface area contributed by atoms with Crippen LogP contribution in [0.15, 0.2) is 34.2 Å². The number of nitrogens with one attached hydrogen (secondary N) is 1. The Hall–Kier alpha value is -1.01. The second-order valence-corrected chi connectivity index (χ2v) is 8.64. The molecule has 0 spiro atoms. The van der Waals surface area contributed by atoms with Gasteiger partial charge in [-0.2, -0.15) is 11.8 Å². The number of fused-ring (bicyclic) bond motifs is 1. The van der Waals surface area contributed by atoms with Crippen LogP contribution in [0.25, 0.3) is 0 Å². The molecule has 1 N–H and O–H groups in total. The molecule has 1 saturated carbocycles. The molecule has 1 heterocycles. The molecule has 0 amide bonds. The van der Waals surface area contributed by atoms with Gasteiger partial charge < -0.3 is 0 Å². The van der Waals surface area contributed by atoms with Gasteiger partial charge in [-0.25, -0.2) is 8.42 Å². The summed E-state index contributed by atoms with van der Waals surface area (Å²) < 4.78 is 26.9. The summed E-state index contributed by atoms with van der Waals surface area (Å²) in [6.07, 6.45) is 8.26. The summed E-state index contributed by atoms with van der Waals surface area (Å²) in [6.45, 7) is 0.681. The van der Waals surface area contributed by atoms with Gasteiger partial charge in [0.25, 0.3) is 10.0 Å². The summed E-state index contributed by atoms with van der Waals surface area (Å²) in [5, 5.41) is 0. The predicted octanol–water partition coefficient (Wildman–Crippen LogP) is 2.79. The van der Waals surface area contributed by atoms with Crippen LogP contribution in [0, 0.1) is 0 Å². The van der Waals surface area contributed by atoms with Crippen molar-refractivity contribution in [2.24, 2.45) is 4.99 Å². The van der Waals surface area contributed by atoms with E-state index in [4.69, 9.17) is 0 Å². The second-order valence-electron chi connectivity index (χ2n) is 5.71. The van der Waals surface area contributed by atoms with Gasteiger partial charge in [0.05, 0.1) is 11.4 Å². The summed E-state index contributed by atoms with van der Waals surface area (Å²) >= 11 is 1.87. The number of thioether (sulfide) groups is 1. The van der Waals surface area contributed by atoms with Crippen LogP contribution in [0.4, 0.5) is 0 Å². The van der Waals surface area contributed by atoms with Crippen LogP contribution in [0.5, 0.6) is 0 Å². The first kappa shape index (κ1) is 14.9. The Bertz CT molecular complexity index is 662. The number of benzene rings is 1. The Morgan fingerprint density at radius 2 is 1.95 bits per heavy atom. The zero-order valence-corrected chi connectivity index (χ0v) is 13.8. The topological polar surface area (TPSA) is 58.5 Å². The SMILES string of the molecule is CSC1(CN=C2NS(=O)(=O)c3ccccc32)CCCCC1. The third-order valence-electron chi connectivity index (χ3n) is 4.39. The minimum Gasteiger partial charge on any atom is -0.266 e. The molecule has 3 rings (SSSR count). The van der Waals surface area contributed by atoms with Crippen molar-refractivity contribution in [3.8, 4) is 0 Å². The standard InChI is InChI=1S/C15H20N2O2S2/c1-20-15(9-5-2-6-10-15)11-16-14-12-7-3-4-8-13(12)21(18,19)17-14/h3-4,7-8H,2,5-6,9-11H2,1H3,(H,16,17). The van der Waals surface area contributed by atoms with Gasteiger partial charge in [0.1, 0.15) is 5.84 Å². The first-order valence-electron chi connectivity index (χ1n) is 7.28. The van der Waals surface area contributed by atoms with Gasteiger partial charge in [-0.1, -0.05) is 31.4 Å². The van der Waals surface area contributed by atoms with Crippen LogP contribution in [0.1, 0.15) is 37.7 Å². The van der Waals surface area contributed by atoms with E-state index < -0.39 is 10.0 Å². The number of sulfonamides is 1.